The molecule has 2 heterocycles. The Morgan fingerprint density at radius 2 is 1.95 bits per heavy atom. The lowest BCUT2D eigenvalue weighted by atomic mass is 9.94. The van der Waals surface area contributed by atoms with Crippen LogP contribution in [0.1, 0.15) is 49.4 Å². The average molecular weight is 572 g/mol. The molecule has 9 heteroatoms. The number of ketones is 1. The Balaban J connectivity index is 1.76. The Morgan fingerprint density at radius 1 is 1.16 bits per heavy atom. The standard InChI is InChI=1S/C28H30BrNO7/c1-5-35-22-14-17(7-9-21(22)34-4)25-24(27(32)28(33)30(25)11-6-12-36-16(2)3)26(31)23-15-18-13-19(29)8-10-20(18)37-23/h7-10,13-16,25,32H,5-6,11-12H2,1-4H3. The second-order valence-corrected chi connectivity index (χ2v) is 9.82. The number of hydrogen-bond acceptors (Lipinski definition) is 7. The molecule has 8 nitrogen and oxygen atoms in total. The minimum Gasteiger partial charge on any atom is -0.503 e. The molecule has 1 aromatic heterocycles. The van der Waals surface area contributed by atoms with Crippen LogP contribution in [0.25, 0.3) is 11.0 Å². The molecule has 0 saturated carbocycles. The number of fused-ring (bicyclic) bond motifs is 1. The number of hydrogen-bond donors (Lipinski definition) is 1. The second-order valence-electron chi connectivity index (χ2n) is 8.90. The molecule has 1 aliphatic rings. The van der Waals surface area contributed by atoms with Gasteiger partial charge in [-0.05, 0) is 69.2 Å². The second kappa shape index (κ2) is 11.4. The molecule has 1 N–H and O–H groups in total. The molecule has 0 bridgehead atoms. The number of aliphatic hydroxyl groups is 1. The summed E-state index contributed by atoms with van der Waals surface area (Å²) in [6, 6.07) is 11.4. The summed E-state index contributed by atoms with van der Waals surface area (Å²) in [5.74, 6) is -0.727. The minimum absolute atomic E-state index is 0.0379. The normalized spacial score (nSPS) is 15.8. The van der Waals surface area contributed by atoms with Gasteiger partial charge in [-0.3, -0.25) is 9.59 Å². The van der Waals surface area contributed by atoms with Gasteiger partial charge in [0.25, 0.3) is 5.91 Å². The van der Waals surface area contributed by atoms with Gasteiger partial charge in [-0.15, -0.1) is 0 Å². The molecular weight excluding hydrogens is 542 g/mol. The van der Waals surface area contributed by atoms with E-state index in [9.17, 15) is 14.7 Å². The van der Waals surface area contributed by atoms with Crippen LogP contribution in [0.5, 0.6) is 11.5 Å². The Labute approximate surface area is 223 Å². The van der Waals surface area contributed by atoms with Gasteiger partial charge in [0, 0.05) is 23.0 Å². The van der Waals surface area contributed by atoms with E-state index in [1.165, 1.54) is 12.0 Å². The number of halogens is 1. The molecule has 1 atom stereocenters. The van der Waals surface area contributed by atoms with Crippen molar-refractivity contribution in [3.63, 3.8) is 0 Å². The van der Waals surface area contributed by atoms with E-state index in [0.717, 1.165) is 9.86 Å². The van der Waals surface area contributed by atoms with Crippen LogP contribution >= 0.6 is 15.9 Å². The van der Waals surface area contributed by atoms with Gasteiger partial charge in [-0.1, -0.05) is 22.0 Å². The van der Waals surface area contributed by atoms with Gasteiger partial charge in [0.1, 0.15) is 5.58 Å². The number of nitrogens with zero attached hydrogens (tertiary/aromatic N) is 1. The van der Waals surface area contributed by atoms with Crippen molar-refractivity contribution in [2.75, 3.05) is 26.9 Å². The molecule has 196 valence electrons. The summed E-state index contributed by atoms with van der Waals surface area (Å²) in [7, 11) is 1.54. The summed E-state index contributed by atoms with van der Waals surface area (Å²) in [6.07, 6.45) is 0.583. The molecular formula is C28H30BrNO7. The van der Waals surface area contributed by atoms with Crippen LogP contribution in [0.3, 0.4) is 0 Å². The molecule has 4 rings (SSSR count). The van der Waals surface area contributed by atoms with E-state index in [-0.39, 0.29) is 24.0 Å². The zero-order valence-electron chi connectivity index (χ0n) is 21.2. The van der Waals surface area contributed by atoms with Crippen molar-refractivity contribution in [2.24, 2.45) is 0 Å². The van der Waals surface area contributed by atoms with Crippen LogP contribution in [-0.4, -0.2) is 54.7 Å². The minimum atomic E-state index is -0.843. The van der Waals surface area contributed by atoms with Crippen molar-refractivity contribution in [3.8, 4) is 11.5 Å². The fourth-order valence-electron chi connectivity index (χ4n) is 4.41. The summed E-state index contributed by atoms with van der Waals surface area (Å²) in [6.45, 7) is 6.84. The van der Waals surface area contributed by atoms with Crippen molar-refractivity contribution in [1.82, 2.24) is 4.90 Å². The summed E-state index contributed by atoms with van der Waals surface area (Å²) in [5, 5.41) is 11.7. The van der Waals surface area contributed by atoms with Gasteiger partial charge in [0.05, 0.1) is 31.4 Å². The highest BCUT2D eigenvalue weighted by atomic mass is 79.9. The lowest BCUT2D eigenvalue weighted by Crippen LogP contribution is -2.32. The number of methoxy groups -OCH3 is 1. The van der Waals surface area contributed by atoms with Crippen LogP contribution in [0.15, 0.2) is 62.7 Å². The Morgan fingerprint density at radius 3 is 2.65 bits per heavy atom. The maximum Gasteiger partial charge on any atom is 0.290 e. The highest BCUT2D eigenvalue weighted by molar-refractivity contribution is 9.10. The van der Waals surface area contributed by atoms with Gasteiger partial charge in [0.15, 0.2) is 23.0 Å². The number of ether oxygens (including phenoxy) is 3. The molecule has 0 fully saturated rings. The van der Waals surface area contributed by atoms with E-state index in [1.807, 2.05) is 32.9 Å². The van der Waals surface area contributed by atoms with E-state index in [1.54, 1.807) is 30.3 Å². The van der Waals surface area contributed by atoms with Gasteiger partial charge < -0.3 is 28.6 Å². The Hall–Kier alpha value is -3.30. The predicted molar refractivity (Wildman–Crippen MR) is 142 cm³/mol. The van der Waals surface area contributed by atoms with Crippen molar-refractivity contribution in [2.45, 2.75) is 39.3 Å². The number of Topliss-reactive ketones (excluding diaryl/α,β-unsaturated/α-hetero) is 1. The highest BCUT2D eigenvalue weighted by Gasteiger charge is 2.44. The summed E-state index contributed by atoms with van der Waals surface area (Å²) in [4.78, 5) is 28.5. The van der Waals surface area contributed by atoms with Crippen molar-refractivity contribution < 1.29 is 33.3 Å². The molecule has 0 spiro atoms. The first kappa shape index (κ1) is 26.8. The fraction of sp³-hybridized carbons (Fsp3) is 0.357. The smallest absolute Gasteiger partial charge is 0.290 e. The van der Waals surface area contributed by atoms with Crippen molar-refractivity contribution in [1.29, 1.82) is 0 Å². The number of benzene rings is 2. The predicted octanol–water partition coefficient (Wildman–Crippen LogP) is 6.00. The summed E-state index contributed by atoms with van der Waals surface area (Å²) < 4.78 is 23.4. The molecule has 0 saturated heterocycles. The van der Waals surface area contributed by atoms with Crippen LogP contribution < -0.4 is 9.47 Å². The van der Waals surface area contributed by atoms with Gasteiger partial charge in [-0.2, -0.15) is 0 Å². The molecule has 0 aliphatic carbocycles. The topological polar surface area (TPSA) is 98.4 Å². The van der Waals surface area contributed by atoms with Gasteiger partial charge in [0.2, 0.25) is 5.78 Å². The molecule has 3 aromatic rings. The number of carbonyl (C=O) groups is 2. The van der Waals surface area contributed by atoms with E-state index >= 15 is 0 Å². The zero-order valence-corrected chi connectivity index (χ0v) is 22.8. The monoisotopic (exact) mass is 571 g/mol. The average Bonchev–Trinajstić information content (AvgIpc) is 3.40. The maximum absolute atomic E-state index is 13.8. The summed E-state index contributed by atoms with van der Waals surface area (Å²) >= 11 is 3.42. The van der Waals surface area contributed by atoms with Crippen LogP contribution in [-0.2, 0) is 9.53 Å². The lowest BCUT2D eigenvalue weighted by molar-refractivity contribution is -0.129. The fourth-order valence-corrected chi connectivity index (χ4v) is 4.79. The van der Waals surface area contributed by atoms with E-state index in [0.29, 0.717) is 42.3 Å². The first-order valence-corrected chi connectivity index (χ1v) is 12.9. The first-order chi connectivity index (χ1) is 17.7. The molecule has 2 aromatic carbocycles. The van der Waals surface area contributed by atoms with Crippen LogP contribution in [0.2, 0.25) is 0 Å². The molecule has 1 aliphatic heterocycles. The SMILES string of the molecule is CCOc1cc(C2C(C(=O)c3cc4cc(Br)ccc4o3)=C(O)C(=O)N2CCCOC(C)C)ccc1OC. The van der Waals surface area contributed by atoms with Crippen LogP contribution in [0.4, 0.5) is 0 Å². The quantitative estimate of drug-likeness (QED) is 0.223. The van der Waals surface area contributed by atoms with Gasteiger partial charge >= 0.3 is 0 Å². The molecule has 37 heavy (non-hydrogen) atoms. The molecule has 0 radical (unpaired) electrons. The maximum atomic E-state index is 13.8. The third-order valence-electron chi connectivity index (χ3n) is 6.05. The van der Waals surface area contributed by atoms with E-state index < -0.39 is 23.5 Å². The number of amides is 1. The first-order valence-electron chi connectivity index (χ1n) is 12.1. The lowest BCUT2D eigenvalue weighted by Gasteiger charge is -2.27. The number of carbonyl (C=O) groups excluding carboxylic acids is 2. The number of rotatable bonds is 11. The van der Waals surface area contributed by atoms with Crippen molar-refractivity contribution in [3.05, 3.63) is 69.6 Å². The van der Waals surface area contributed by atoms with E-state index in [4.69, 9.17) is 18.6 Å². The number of aliphatic hydroxyl groups excluding tert-OH is 1. The molecule has 1 amide bonds. The van der Waals surface area contributed by atoms with Crippen molar-refractivity contribution >= 4 is 38.6 Å². The number of furan rings is 1. The Bertz CT molecular complexity index is 1340. The summed E-state index contributed by atoms with van der Waals surface area (Å²) in [5.41, 5.74) is 1.09. The third kappa shape index (κ3) is 5.52. The zero-order chi connectivity index (χ0) is 26.7. The van der Waals surface area contributed by atoms with Gasteiger partial charge in [-0.25, -0.2) is 0 Å². The largest absolute Gasteiger partial charge is 0.503 e. The molecule has 1 unspecified atom stereocenters. The van der Waals surface area contributed by atoms with E-state index in [2.05, 4.69) is 15.9 Å². The Kier molecular flexibility index (Phi) is 8.24. The highest BCUT2D eigenvalue weighted by Crippen LogP contribution is 2.42. The van der Waals surface area contributed by atoms with Crippen LogP contribution in [0, 0.1) is 0 Å². The third-order valence-corrected chi connectivity index (χ3v) is 6.54.